The monoisotopic (exact) mass is 303 g/mol. The van der Waals surface area contributed by atoms with Crippen LogP contribution in [0.3, 0.4) is 0 Å². The lowest BCUT2D eigenvalue weighted by atomic mass is 10.3. The molecule has 1 N–H and O–H groups in total. The lowest BCUT2D eigenvalue weighted by Crippen LogP contribution is -2.14. The molecule has 0 fully saturated rings. The number of nitrogens with one attached hydrogen (secondary N) is 1. The topological polar surface area (TPSA) is 73.2 Å². The molecule has 0 saturated heterocycles. The largest absolute Gasteiger partial charge is 0.429 e. The summed E-state index contributed by atoms with van der Waals surface area (Å²) in [5.41, 5.74) is 1.60. The fourth-order valence-electron chi connectivity index (χ4n) is 2.07. The van der Waals surface area contributed by atoms with Gasteiger partial charge in [0.1, 0.15) is 5.76 Å². The van der Waals surface area contributed by atoms with Crippen LogP contribution in [0, 0.1) is 11.8 Å². The van der Waals surface area contributed by atoms with Gasteiger partial charge in [-0.2, -0.15) is 0 Å². The number of carbonyl (C=O) groups excluding carboxylic acids is 1. The molecule has 108 valence electrons. The third kappa shape index (κ3) is 2.87. The molecule has 0 bridgehead atoms. The maximum Gasteiger partial charge on any atom is 0.269 e. The zero-order valence-electron chi connectivity index (χ0n) is 11.3. The van der Waals surface area contributed by atoms with Crippen molar-refractivity contribution in [3.05, 3.63) is 40.9 Å². The van der Waals surface area contributed by atoms with Gasteiger partial charge in [-0.15, -0.1) is 0 Å². The average molecular weight is 303 g/mol. The van der Waals surface area contributed by atoms with Crippen molar-refractivity contribution >= 4 is 35.0 Å². The van der Waals surface area contributed by atoms with E-state index in [9.17, 15) is 4.79 Å². The number of para-hydroxylation sites is 2. The van der Waals surface area contributed by atoms with Crippen LogP contribution in [-0.2, 0) is 11.3 Å². The molecular formula is C14H13N3O3S. The van der Waals surface area contributed by atoms with E-state index in [-0.39, 0.29) is 12.3 Å². The molecule has 0 unspecified atom stereocenters. The Morgan fingerprint density at radius 1 is 1.43 bits per heavy atom. The van der Waals surface area contributed by atoms with Crippen molar-refractivity contribution in [1.29, 1.82) is 0 Å². The van der Waals surface area contributed by atoms with Gasteiger partial charge in [0.15, 0.2) is 11.4 Å². The first kappa shape index (κ1) is 13.6. The minimum Gasteiger partial charge on any atom is -0.429 e. The van der Waals surface area contributed by atoms with E-state index in [4.69, 9.17) is 21.2 Å². The molecule has 21 heavy (non-hydrogen) atoms. The fraction of sp³-hybridized carbons (Fsp3) is 0.214. The summed E-state index contributed by atoms with van der Waals surface area (Å²) in [4.78, 5) is 12.3. The highest BCUT2D eigenvalue weighted by Crippen LogP contribution is 2.17. The van der Waals surface area contributed by atoms with Crippen molar-refractivity contribution in [3.63, 3.8) is 0 Å². The number of carbonyl (C=O) groups is 1. The van der Waals surface area contributed by atoms with Gasteiger partial charge in [0.05, 0.1) is 5.52 Å². The second kappa shape index (κ2) is 5.53. The molecule has 7 heteroatoms. The van der Waals surface area contributed by atoms with Gasteiger partial charge in [0, 0.05) is 19.0 Å². The summed E-state index contributed by atoms with van der Waals surface area (Å²) in [6.07, 6.45) is 0.268. The quantitative estimate of drug-likeness (QED) is 0.749. The van der Waals surface area contributed by atoms with Gasteiger partial charge in [-0.05, 0) is 31.3 Å². The molecule has 1 aromatic carbocycles. The van der Waals surface area contributed by atoms with Gasteiger partial charge >= 0.3 is 0 Å². The van der Waals surface area contributed by atoms with E-state index in [0.717, 1.165) is 11.1 Å². The van der Waals surface area contributed by atoms with Crippen LogP contribution in [-0.4, -0.2) is 15.6 Å². The number of nitrogens with zero attached hydrogens (tertiary/aromatic N) is 2. The van der Waals surface area contributed by atoms with Crippen molar-refractivity contribution in [3.8, 4) is 0 Å². The number of hydrogen-bond donors (Lipinski definition) is 1. The van der Waals surface area contributed by atoms with E-state index in [0.29, 0.717) is 23.0 Å². The van der Waals surface area contributed by atoms with Crippen LogP contribution in [0.25, 0.3) is 11.1 Å². The Bertz CT molecular complexity index is 846. The summed E-state index contributed by atoms with van der Waals surface area (Å²) in [5.74, 6) is 0.905. The van der Waals surface area contributed by atoms with Crippen molar-refractivity contribution in [2.75, 3.05) is 5.32 Å². The smallest absolute Gasteiger partial charge is 0.269 e. The summed E-state index contributed by atoms with van der Waals surface area (Å²) in [5, 5.41) is 6.39. The Labute approximate surface area is 125 Å². The number of aryl methyl sites for hydroxylation is 2. The standard InChI is InChI=1S/C14H13N3O3S/c1-9-8-12(16-20-9)15-13(18)6-7-17-10-4-2-3-5-11(10)19-14(17)21/h2-5,8H,6-7H2,1H3,(H,15,16,18). The summed E-state index contributed by atoms with van der Waals surface area (Å²) >= 11 is 5.18. The van der Waals surface area contributed by atoms with Gasteiger partial charge in [-0.1, -0.05) is 17.3 Å². The Hall–Kier alpha value is -2.41. The average Bonchev–Trinajstić information content (AvgIpc) is 2.99. The van der Waals surface area contributed by atoms with Crippen molar-refractivity contribution in [2.24, 2.45) is 0 Å². The number of fused-ring (bicyclic) bond motifs is 1. The second-order valence-corrected chi connectivity index (χ2v) is 4.96. The number of rotatable bonds is 4. The number of amides is 1. The van der Waals surface area contributed by atoms with E-state index in [1.165, 1.54) is 0 Å². The normalized spacial score (nSPS) is 10.9. The number of oxazole rings is 1. The fourth-order valence-corrected chi connectivity index (χ4v) is 2.35. The molecule has 0 aliphatic rings. The maximum absolute atomic E-state index is 11.9. The maximum atomic E-state index is 11.9. The number of aromatic nitrogens is 2. The van der Waals surface area contributed by atoms with Gasteiger partial charge in [0.25, 0.3) is 4.84 Å². The minimum absolute atomic E-state index is 0.157. The molecule has 3 rings (SSSR count). The predicted octanol–water partition coefficient (Wildman–Crippen LogP) is 3.29. The summed E-state index contributed by atoms with van der Waals surface area (Å²) < 4.78 is 12.2. The highest BCUT2D eigenvalue weighted by Gasteiger charge is 2.10. The van der Waals surface area contributed by atoms with Gasteiger partial charge in [-0.3, -0.25) is 9.36 Å². The van der Waals surface area contributed by atoms with Crippen molar-refractivity contribution in [1.82, 2.24) is 9.72 Å². The van der Waals surface area contributed by atoms with Gasteiger partial charge in [-0.25, -0.2) is 0 Å². The lowest BCUT2D eigenvalue weighted by Gasteiger charge is -2.03. The zero-order valence-corrected chi connectivity index (χ0v) is 12.1. The van der Waals surface area contributed by atoms with E-state index < -0.39 is 0 Å². The molecule has 3 aromatic rings. The molecule has 0 spiro atoms. The molecule has 0 saturated carbocycles. The van der Waals surface area contributed by atoms with Gasteiger partial charge < -0.3 is 14.3 Å². The number of anilines is 1. The van der Waals surface area contributed by atoms with Crippen LogP contribution < -0.4 is 5.32 Å². The third-order valence-electron chi connectivity index (χ3n) is 3.03. The summed E-state index contributed by atoms with van der Waals surface area (Å²) in [7, 11) is 0. The Balaban J connectivity index is 1.70. The third-order valence-corrected chi connectivity index (χ3v) is 3.34. The molecule has 0 aliphatic heterocycles. The van der Waals surface area contributed by atoms with E-state index in [1.54, 1.807) is 17.6 Å². The molecule has 1 amide bonds. The summed E-state index contributed by atoms with van der Waals surface area (Å²) in [6.45, 7) is 2.21. The van der Waals surface area contributed by atoms with E-state index >= 15 is 0 Å². The molecular weight excluding hydrogens is 290 g/mol. The zero-order chi connectivity index (χ0) is 14.8. The first-order chi connectivity index (χ1) is 10.1. The van der Waals surface area contributed by atoms with Crippen LogP contribution in [0.4, 0.5) is 5.82 Å². The number of benzene rings is 1. The Morgan fingerprint density at radius 3 is 3.00 bits per heavy atom. The minimum atomic E-state index is -0.157. The van der Waals surface area contributed by atoms with E-state index in [1.807, 2.05) is 24.3 Å². The molecule has 2 heterocycles. The SMILES string of the molecule is Cc1cc(NC(=O)CCn2c(=S)oc3ccccc32)no1. The molecule has 0 radical (unpaired) electrons. The molecule has 2 aromatic heterocycles. The number of hydrogen-bond acceptors (Lipinski definition) is 5. The van der Waals surface area contributed by atoms with Crippen LogP contribution >= 0.6 is 12.2 Å². The molecule has 0 aliphatic carbocycles. The van der Waals surface area contributed by atoms with Crippen molar-refractivity contribution < 1.29 is 13.7 Å². The van der Waals surface area contributed by atoms with Crippen LogP contribution in [0.1, 0.15) is 12.2 Å². The van der Waals surface area contributed by atoms with Gasteiger partial charge in [0.2, 0.25) is 5.91 Å². The van der Waals surface area contributed by atoms with E-state index in [2.05, 4.69) is 10.5 Å². The molecule has 0 atom stereocenters. The highest BCUT2D eigenvalue weighted by molar-refractivity contribution is 7.71. The van der Waals surface area contributed by atoms with Crippen molar-refractivity contribution in [2.45, 2.75) is 19.9 Å². The van der Waals surface area contributed by atoms with Crippen LogP contribution in [0.15, 0.2) is 39.3 Å². The first-order valence-electron chi connectivity index (χ1n) is 6.45. The Morgan fingerprint density at radius 2 is 2.24 bits per heavy atom. The first-order valence-corrected chi connectivity index (χ1v) is 6.86. The molecule has 6 nitrogen and oxygen atoms in total. The lowest BCUT2D eigenvalue weighted by molar-refractivity contribution is -0.116. The van der Waals surface area contributed by atoms with Crippen LogP contribution in [0.2, 0.25) is 0 Å². The second-order valence-electron chi connectivity index (χ2n) is 4.61. The Kier molecular flexibility index (Phi) is 3.57. The van der Waals surface area contributed by atoms with Crippen LogP contribution in [0.5, 0.6) is 0 Å². The summed E-state index contributed by atoms with van der Waals surface area (Å²) in [6, 6.07) is 9.20. The highest BCUT2D eigenvalue weighted by atomic mass is 32.1. The predicted molar refractivity (Wildman–Crippen MR) is 79.5 cm³/mol.